The van der Waals surface area contributed by atoms with Crippen molar-refractivity contribution in [2.75, 3.05) is 17.2 Å². The molecule has 0 amide bonds. The van der Waals surface area contributed by atoms with Crippen LogP contribution in [0, 0.1) is 0 Å². The van der Waals surface area contributed by atoms with Gasteiger partial charge in [-0.05, 0) is 24.0 Å². The molecule has 0 fully saturated rings. The molecule has 3 aromatic rings. The van der Waals surface area contributed by atoms with Crippen molar-refractivity contribution in [1.82, 2.24) is 14.4 Å². The maximum Gasteiger partial charge on any atom is 0.180 e. The SMILES string of the molecule is Nc1cn2ccnc2c(N2CCCc3ccccc3C2)n1. The minimum Gasteiger partial charge on any atom is -0.382 e. The Morgan fingerprint density at radius 3 is 2.90 bits per heavy atom. The summed E-state index contributed by atoms with van der Waals surface area (Å²) in [6, 6.07) is 8.62. The van der Waals surface area contributed by atoms with Crippen LogP contribution >= 0.6 is 0 Å². The van der Waals surface area contributed by atoms with Crippen LogP contribution in [0.15, 0.2) is 42.9 Å². The molecule has 1 aliphatic rings. The molecule has 0 aliphatic carbocycles. The Labute approximate surface area is 123 Å². The van der Waals surface area contributed by atoms with E-state index in [2.05, 4.69) is 39.1 Å². The zero-order valence-corrected chi connectivity index (χ0v) is 11.7. The molecule has 1 aliphatic heterocycles. The summed E-state index contributed by atoms with van der Waals surface area (Å²) in [6.07, 6.45) is 7.71. The van der Waals surface area contributed by atoms with E-state index >= 15 is 0 Å². The molecule has 0 spiro atoms. The average Bonchev–Trinajstić information content (AvgIpc) is 2.84. The fourth-order valence-electron chi connectivity index (χ4n) is 3.03. The van der Waals surface area contributed by atoms with E-state index in [1.807, 2.05) is 10.6 Å². The second-order valence-corrected chi connectivity index (χ2v) is 5.44. The van der Waals surface area contributed by atoms with E-state index in [1.165, 1.54) is 11.1 Å². The predicted molar refractivity (Wildman–Crippen MR) is 83.2 cm³/mol. The third-order valence-electron chi connectivity index (χ3n) is 4.03. The van der Waals surface area contributed by atoms with Gasteiger partial charge in [0.1, 0.15) is 5.82 Å². The maximum atomic E-state index is 5.94. The number of hydrogen-bond donors (Lipinski definition) is 1. The van der Waals surface area contributed by atoms with Gasteiger partial charge in [-0.1, -0.05) is 24.3 Å². The molecule has 2 aromatic heterocycles. The van der Waals surface area contributed by atoms with Crippen molar-refractivity contribution in [1.29, 1.82) is 0 Å². The molecule has 21 heavy (non-hydrogen) atoms. The van der Waals surface area contributed by atoms with Gasteiger partial charge in [0.25, 0.3) is 0 Å². The van der Waals surface area contributed by atoms with Crippen molar-refractivity contribution in [3.8, 4) is 0 Å². The fourth-order valence-corrected chi connectivity index (χ4v) is 3.03. The van der Waals surface area contributed by atoms with Gasteiger partial charge >= 0.3 is 0 Å². The molecule has 0 saturated carbocycles. The number of nitrogens with two attached hydrogens (primary N) is 1. The van der Waals surface area contributed by atoms with Crippen molar-refractivity contribution >= 4 is 17.3 Å². The summed E-state index contributed by atoms with van der Waals surface area (Å²) in [7, 11) is 0. The molecule has 5 heteroatoms. The van der Waals surface area contributed by atoms with E-state index in [0.717, 1.165) is 37.4 Å². The number of fused-ring (bicyclic) bond motifs is 2. The summed E-state index contributed by atoms with van der Waals surface area (Å²) < 4.78 is 1.94. The largest absolute Gasteiger partial charge is 0.382 e. The zero-order valence-electron chi connectivity index (χ0n) is 11.7. The molecule has 0 atom stereocenters. The second kappa shape index (κ2) is 4.77. The highest BCUT2D eigenvalue weighted by Crippen LogP contribution is 2.25. The maximum absolute atomic E-state index is 5.94. The van der Waals surface area contributed by atoms with Crippen LogP contribution in [0.3, 0.4) is 0 Å². The van der Waals surface area contributed by atoms with E-state index in [4.69, 9.17) is 5.73 Å². The molecule has 0 saturated heterocycles. The first-order valence-corrected chi connectivity index (χ1v) is 7.22. The number of anilines is 2. The van der Waals surface area contributed by atoms with Crippen molar-refractivity contribution in [2.45, 2.75) is 19.4 Å². The minimum atomic E-state index is 0.521. The van der Waals surface area contributed by atoms with Crippen LogP contribution in [0.1, 0.15) is 17.5 Å². The predicted octanol–water partition coefficient (Wildman–Crippen LogP) is 2.26. The molecule has 0 radical (unpaired) electrons. The zero-order chi connectivity index (χ0) is 14.2. The van der Waals surface area contributed by atoms with Crippen LogP contribution in [0.4, 0.5) is 11.6 Å². The first kappa shape index (κ1) is 12.2. The average molecular weight is 279 g/mol. The van der Waals surface area contributed by atoms with Gasteiger partial charge in [0.15, 0.2) is 11.5 Å². The molecule has 3 heterocycles. The first-order valence-electron chi connectivity index (χ1n) is 7.22. The molecule has 1 aromatic carbocycles. The van der Waals surface area contributed by atoms with Gasteiger partial charge in [0, 0.05) is 25.5 Å². The summed E-state index contributed by atoms with van der Waals surface area (Å²) in [5, 5.41) is 0. The van der Waals surface area contributed by atoms with Gasteiger partial charge in [-0.2, -0.15) is 0 Å². The number of aryl methyl sites for hydroxylation is 1. The molecule has 5 nitrogen and oxygen atoms in total. The third kappa shape index (κ3) is 2.11. The normalized spacial score (nSPS) is 15.0. The number of rotatable bonds is 1. The molecule has 106 valence electrons. The Balaban J connectivity index is 1.80. The van der Waals surface area contributed by atoms with E-state index in [-0.39, 0.29) is 0 Å². The fraction of sp³-hybridized carbons (Fsp3) is 0.250. The molecule has 4 rings (SSSR count). The van der Waals surface area contributed by atoms with Gasteiger partial charge in [-0.15, -0.1) is 0 Å². The molecular formula is C16H17N5. The van der Waals surface area contributed by atoms with E-state index in [1.54, 1.807) is 12.4 Å². The molecule has 0 unspecified atom stereocenters. The lowest BCUT2D eigenvalue weighted by atomic mass is 10.0. The monoisotopic (exact) mass is 279 g/mol. The number of nitrogen functional groups attached to an aromatic ring is 1. The summed E-state index contributed by atoms with van der Waals surface area (Å²) >= 11 is 0. The number of aromatic nitrogens is 3. The lowest BCUT2D eigenvalue weighted by molar-refractivity contribution is 0.755. The topological polar surface area (TPSA) is 59.5 Å². The Bertz CT molecular complexity index is 792. The lowest BCUT2D eigenvalue weighted by Gasteiger charge is -2.22. The second-order valence-electron chi connectivity index (χ2n) is 5.44. The van der Waals surface area contributed by atoms with Gasteiger partial charge in [-0.25, -0.2) is 9.97 Å². The van der Waals surface area contributed by atoms with Gasteiger partial charge in [-0.3, -0.25) is 0 Å². The van der Waals surface area contributed by atoms with Crippen LogP contribution in [0.25, 0.3) is 5.65 Å². The van der Waals surface area contributed by atoms with E-state index in [9.17, 15) is 0 Å². The quantitative estimate of drug-likeness (QED) is 0.742. The smallest absolute Gasteiger partial charge is 0.180 e. The number of benzene rings is 1. The Kier molecular flexibility index (Phi) is 2.77. The van der Waals surface area contributed by atoms with Crippen molar-refractivity contribution in [3.63, 3.8) is 0 Å². The van der Waals surface area contributed by atoms with Crippen molar-refractivity contribution in [2.24, 2.45) is 0 Å². The highest BCUT2D eigenvalue weighted by Gasteiger charge is 2.18. The van der Waals surface area contributed by atoms with Crippen molar-refractivity contribution < 1.29 is 0 Å². The summed E-state index contributed by atoms with van der Waals surface area (Å²) in [5.74, 6) is 1.39. The number of imidazole rings is 1. The Morgan fingerprint density at radius 2 is 2.00 bits per heavy atom. The molecule has 2 N–H and O–H groups in total. The van der Waals surface area contributed by atoms with Crippen LogP contribution in [0.2, 0.25) is 0 Å². The van der Waals surface area contributed by atoms with Gasteiger partial charge < -0.3 is 15.0 Å². The van der Waals surface area contributed by atoms with Crippen LogP contribution in [-0.2, 0) is 13.0 Å². The highest BCUT2D eigenvalue weighted by molar-refractivity contribution is 5.66. The minimum absolute atomic E-state index is 0.521. The Hall–Kier alpha value is -2.56. The highest BCUT2D eigenvalue weighted by atomic mass is 15.2. The van der Waals surface area contributed by atoms with Crippen LogP contribution in [0.5, 0.6) is 0 Å². The lowest BCUT2D eigenvalue weighted by Crippen LogP contribution is -2.24. The Morgan fingerprint density at radius 1 is 1.14 bits per heavy atom. The number of hydrogen-bond acceptors (Lipinski definition) is 4. The van der Waals surface area contributed by atoms with Crippen molar-refractivity contribution in [3.05, 3.63) is 54.0 Å². The standard InChI is InChI=1S/C16H17N5/c17-14-11-21-9-7-18-15(21)16(19-14)20-8-3-6-12-4-1-2-5-13(12)10-20/h1-2,4-5,7,9,11H,3,6,8,10,17H2. The van der Waals surface area contributed by atoms with Crippen LogP contribution < -0.4 is 10.6 Å². The van der Waals surface area contributed by atoms with Gasteiger partial charge in [0.05, 0.1) is 6.20 Å². The molecule has 0 bridgehead atoms. The third-order valence-corrected chi connectivity index (χ3v) is 4.03. The van der Waals surface area contributed by atoms with Gasteiger partial charge in [0.2, 0.25) is 0 Å². The number of nitrogens with zero attached hydrogens (tertiary/aromatic N) is 4. The summed E-state index contributed by atoms with van der Waals surface area (Å²) in [5.41, 5.74) is 9.60. The van der Waals surface area contributed by atoms with E-state index in [0.29, 0.717) is 5.82 Å². The van der Waals surface area contributed by atoms with Crippen LogP contribution in [-0.4, -0.2) is 20.9 Å². The summed E-state index contributed by atoms with van der Waals surface area (Å²) in [4.78, 5) is 11.2. The summed E-state index contributed by atoms with van der Waals surface area (Å²) in [6.45, 7) is 1.82. The van der Waals surface area contributed by atoms with E-state index < -0.39 is 0 Å². The first-order chi connectivity index (χ1) is 10.3. The molecular weight excluding hydrogens is 262 g/mol.